The van der Waals surface area contributed by atoms with Gasteiger partial charge >= 0.3 is 11.8 Å². The van der Waals surface area contributed by atoms with E-state index in [2.05, 4.69) is 15.8 Å². The lowest BCUT2D eigenvalue weighted by Gasteiger charge is -2.06. The number of hydrazone groups is 1. The van der Waals surface area contributed by atoms with Crippen molar-refractivity contribution in [2.24, 2.45) is 5.10 Å². The molecule has 0 spiro atoms. The summed E-state index contributed by atoms with van der Waals surface area (Å²) in [6, 6.07) is 9.82. The summed E-state index contributed by atoms with van der Waals surface area (Å²) in [6.07, 6.45) is 0. The van der Waals surface area contributed by atoms with Crippen molar-refractivity contribution in [3.63, 3.8) is 0 Å². The van der Waals surface area contributed by atoms with Crippen LogP contribution in [0, 0.1) is 5.82 Å². The van der Waals surface area contributed by atoms with Crippen LogP contribution >= 0.6 is 23.2 Å². The molecule has 0 aliphatic rings. The molecule has 2 rings (SSSR count). The van der Waals surface area contributed by atoms with Gasteiger partial charge in [0, 0.05) is 16.3 Å². The van der Waals surface area contributed by atoms with Crippen LogP contribution in [0.2, 0.25) is 10.0 Å². The first kappa shape index (κ1) is 17.9. The van der Waals surface area contributed by atoms with E-state index in [1.54, 1.807) is 25.1 Å². The molecule has 124 valence electrons. The molecule has 0 radical (unpaired) electrons. The summed E-state index contributed by atoms with van der Waals surface area (Å²) in [6.45, 7) is 1.62. The molecule has 0 heterocycles. The van der Waals surface area contributed by atoms with E-state index < -0.39 is 17.6 Å². The summed E-state index contributed by atoms with van der Waals surface area (Å²) in [7, 11) is 0. The van der Waals surface area contributed by atoms with E-state index in [4.69, 9.17) is 23.2 Å². The lowest BCUT2D eigenvalue weighted by molar-refractivity contribution is -0.136. The van der Waals surface area contributed by atoms with Crippen molar-refractivity contribution in [3.05, 3.63) is 63.9 Å². The minimum absolute atomic E-state index is 0.290. The molecule has 8 heteroatoms. The second kappa shape index (κ2) is 7.90. The first-order chi connectivity index (χ1) is 11.4. The van der Waals surface area contributed by atoms with Gasteiger partial charge in [-0.05, 0) is 43.3 Å². The van der Waals surface area contributed by atoms with Crippen LogP contribution in [0.4, 0.5) is 10.1 Å². The Morgan fingerprint density at radius 1 is 1.04 bits per heavy atom. The number of halogens is 3. The normalized spacial score (nSPS) is 11.1. The summed E-state index contributed by atoms with van der Waals surface area (Å²) < 4.78 is 12.8. The zero-order valence-electron chi connectivity index (χ0n) is 12.4. The number of amides is 2. The third-order valence-corrected chi connectivity index (χ3v) is 3.50. The maximum absolute atomic E-state index is 12.8. The monoisotopic (exact) mass is 367 g/mol. The Labute approximate surface area is 147 Å². The van der Waals surface area contributed by atoms with Crippen LogP contribution < -0.4 is 10.7 Å². The van der Waals surface area contributed by atoms with Crippen molar-refractivity contribution in [1.82, 2.24) is 5.43 Å². The fourth-order valence-electron chi connectivity index (χ4n) is 1.75. The molecular weight excluding hydrogens is 356 g/mol. The van der Waals surface area contributed by atoms with E-state index in [-0.39, 0.29) is 5.69 Å². The molecule has 0 saturated heterocycles. The third-order valence-electron chi connectivity index (χ3n) is 2.95. The maximum atomic E-state index is 12.8. The molecule has 5 nitrogen and oxygen atoms in total. The van der Waals surface area contributed by atoms with E-state index >= 15 is 0 Å². The zero-order valence-corrected chi connectivity index (χ0v) is 14.0. The van der Waals surface area contributed by atoms with Crippen LogP contribution in [-0.4, -0.2) is 17.5 Å². The SMILES string of the molecule is C/C(=N\NC(=O)C(=O)Nc1ccc(F)cc1)c1ccc(Cl)cc1Cl. The Kier molecular flexibility index (Phi) is 5.89. The van der Waals surface area contributed by atoms with Gasteiger partial charge < -0.3 is 5.32 Å². The van der Waals surface area contributed by atoms with Gasteiger partial charge in [0.25, 0.3) is 0 Å². The predicted molar refractivity (Wildman–Crippen MR) is 91.8 cm³/mol. The minimum atomic E-state index is -0.969. The van der Waals surface area contributed by atoms with Crippen molar-refractivity contribution in [2.45, 2.75) is 6.92 Å². The average Bonchev–Trinajstić information content (AvgIpc) is 2.54. The summed E-state index contributed by atoms with van der Waals surface area (Å²) >= 11 is 11.8. The molecular formula is C16H12Cl2FN3O2. The lowest BCUT2D eigenvalue weighted by atomic mass is 10.1. The summed E-state index contributed by atoms with van der Waals surface area (Å²) in [4.78, 5) is 23.5. The molecule has 0 bridgehead atoms. The molecule has 0 saturated carbocycles. The number of rotatable bonds is 3. The van der Waals surface area contributed by atoms with Gasteiger partial charge in [-0.25, -0.2) is 9.82 Å². The molecule has 0 aromatic heterocycles. The smallest absolute Gasteiger partial charge is 0.318 e. The van der Waals surface area contributed by atoms with Crippen LogP contribution in [0.15, 0.2) is 47.6 Å². The topological polar surface area (TPSA) is 70.6 Å². The molecule has 2 amide bonds. The van der Waals surface area contributed by atoms with E-state index in [9.17, 15) is 14.0 Å². The van der Waals surface area contributed by atoms with Crippen molar-refractivity contribution in [3.8, 4) is 0 Å². The Morgan fingerprint density at radius 3 is 2.33 bits per heavy atom. The quantitative estimate of drug-likeness (QED) is 0.494. The number of carbonyl (C=O) groups excluding carboxylic acids is 2. The number of nitrogens with zero attached hydrogens (tertiary/aromatic N) is 1. The van der Waals surface area contributed by atoms with Crippen LogP contribution in [0.25, 0.3) is 0 Å². The van der Waals surface area contributed by atoms with Gasteiger partial charge in [-0.3, -0.25) is 9.59 Å². The number of hydrogen-bond donors (Lipinski definition) is 2. The van der Waals surface area contributed by atoms with E-state index in [1.807, 2.05) is 0 Å². The van der Waals surface area contributed by atoms with Crippen LogP contribution in [0.1, 0.15) is 12.5 Å². The summed E-state index contributed by atoms with van der Waals surface area (Å²) in [5.41, 5.74) is 3.39. The predicted octanol–water partition coefficient (Wildman–Crippen LogP) is 3.61. The first-order valence-corrected chi connectivity index (χ1v) is 7.49. The van der Waals surface area contributed by atoms with Crippen molar-refractivity contribution >= 4 is 46.4 Å². The molecule has 2 N–H and O–H groups in total. The number of anilines is 1. The zero-order chi connectivity index (χ0) is 17.7. The van der Waals surface area contributed by atoms with Crippen LogP contribution in [-0.2, 0) is 9.59 Å². The molecule has 0 aliphatic heterocycles. The molecule has 2 aromatic rings. The highest BCUT2D eigenvalue weighted by molar-refractivity contribution is 6.40. The standard InChI is InChI=1S/C16H12Cl2FN3O2/c1-9(13-7-2-10(17)8-14(13)18)21-22-16(24)15(23)20-12-5-3-11(19)4-6-12/h2-8H,1H3,(H,20,23)(H,22,24)/b21-9+. The first-order valence-electron chi connectivity index (χ1n) is 6.73. The van der Waals surface area contributed by atoms with E-state index in [1.165, 1.54) is 24.3 Å². The molecule has 0 atom stereocenters. The van der Waals surface area contributed by atoms with Gasteiger partial charge in [-0.1, -0.05) is 29.3 Å². The average molecular weight is 368 g/mol. The minimum Gasteiger partial charge on any atom is -0.318 e. The number of nitrogens with one attached hydrogen (secondary N) is 2. The number of carbonyl (C=O) groups is 2. The lowest BCUT2D eigenvalue weighted by Crippen LogP contribution is -2.32. The molecule has 24 heavy (non-hydrogen) atoms. The summed E-state index contributed by atoms with van der Waals surface area (Å²) in [5.74, 6) is -2.35. The Bertz CT molecular complexity index is 807. The van der Waals surface area contributed by atoms with Crippen molar-refractivity contribution in [1.29, 1.82) is 0 Å². The third kappa shape index (κ3) is 4.78. The van der Waals surface area contributed by atoms with Crippen LogP contribution in [0.3, 0.4) is 0 Å². The van der Waals surface area contributed by atoms with E-state index in [0.29, 0.717) is 21.3 Å². The highest BCUT2D eigenvalue weighted by Crippen LogP contribution is 2.21. The fourth-order valence-corrected chi connectivity index (χ4v) is 2.29. The van der Waals surface area contributed by atoms with E-state index in [0.717, 1.165) is 0 Å². The molecule has 2 aromatic carbocycles. The van der Waals surface area contributed by atoms with Crippen molar-refractivity contribution in [2.75, 3.05) is 5.32 Å². The van der Waals surface area contributed by atoms with Gasteiger partial charge in [0.2, 0.25) is 0 Å². The van der Waals surface area contributed by atoms with Crippen LogP contribution in [0.5, 0.6) is 0 Å². The number of hydrogen-bond acceptors (Lipinski definition) is 3. The maximum Gasteiger partial charge on any atom is 0.329 e. The Hall–Kier alpha value is -2.44. The van der Waals surface area contributed by atoms with Gasteiger partial charge in [0.15, 0.2) is 0 Å². The largest absolute Gasteiger partial charge is 0.329 e. The highest BCUT2D eigenvalue weighted by Gasteiger charge is 2.13. The van der Waals surface area contributed by atoms with Gasteiger partial charge in [-0.15, -0.1) is 0 Å². The Balaban J connectivity index is 2.00. The number of benzene rings is 2. The van der Waals surface area contributed by atoms with Crippen molar-refractivity contribution < 1.29 is 14.0 Å². The Morgan fingerprint density at radius 2 is 1.71 bits per heavy atom. The second-order valence-corrected chi connectivity index (χ2v) is 5.57. The van der Waals surface area contributed by atoms with Gasteiger partial charge in [-0.2, -0.15) is 5.10 Å². The molecule has 0 unspecified atom stereocenters. The van der Waals surface area contributed by atoms with Gasteiger partial charge in [0.1, 0.15) is 5.82 Å². The fraction of sp³-hybridized carbons (Fsp3) is 0.0625. The van der Waals surface area contributed by atoms with Gasteiger partial charge in [0.05, 0.1) is 10.7 Å². The second-order valence-electron chi connectivity index (χ2n) is 4.72. The summed E-state index contributed by atoms with van der Waals surface area (Å²) in [5, 5.41) is 6.99. The molecule has 0 aliphatic carbocycles. The molecule has 0 fully saturated rings. The highest BCUT2D eigenvalue weighted by atomic mass is 35.5.